The predicted octanol–water partition coefficient (Wildman–Crippen LogP) is 15.8. The van der Waals surface area contributed by atoms with Gasteiger partial charge in [-0.2, -0.15) is 0 Å². The SMILES string of the molecule is c1ccc(-n2c3ccccc3c3c(N(c4cc5ccc6cccc7c8cccc9ccc%10cccc(c(c4)c5c67)c%10c98)c4cccc5ccccc45)cccc32)cc1. The summed E-state index contributed by atoms with van der Waals surface area (Å²) in [6.45, 7) is 0. The highest BCUT2D eigenvalue weighted by Gasteiger charge is 2.24. The normalized spacial score (nSPS) is 12.1. The van der Waals surface area contributed by atoms with Gasteiger partial charge in [-0.3, -0.25) is 0 Å². The maximum absolute atomic E-state index is 2.53. The van der Waals surface area contributed by atoms with Gasteiger partial charge in [-0.1, -0.05) is 158 Å². The minimum absolute atomic E-state index is 1.12. The van der Waals surface area contributed by atoms with Crippen LogP contribution >= 0.6 is 0 Å². The Bertz CT molecular complexity index is 3790. The molecule has 1 aromatic heterocycles. The molecule has 13 aromatic rings. The van der Waals surface area contributed by atoms with Crippen molar-refractivity contribution in [3.05, 3.63) is 206 Å². The lowest BCUT2D eigenvalue weighted by Crippen LogP contribution is -2.11. The highest BCUT2D eigenvalue weighted by molar-refractivity contribution is 6.37. The Balaban J connectivity index is 1.24. The van der Waals surface area contributed by atoms with Crippen LogP contribution in [0.2, 0.25) is 0 Å². The molecule has 58 heavy (non-hydrogen) atoms. The Morgan fingerprint density at radius 3 is 1.48 bits per heavy atom. The van der Waals surface area contributed by atoms with Gasteiger partial charge in [0.25, 0.3) is 0 Å². The van der Waals surface area contributed by atoms with Gasteiger partial charge in [-0.25, -0.2) is 0 Å². The van der Waals surface area contributed by atoms with Crippen molar-refractivity contribution < 1.29 is 0 Å². The molecule has 2 heteroatoms. The van der Waals surface area contributed by atoms with Crippen molar-refractivity contribution >= 4 is 114 Å². The Kier molecular flexibility index (Phi) is 6.47. The number of anilines is 3. The molecular weight excluding hydrogens is 701 g/mol. The summed E-state index contributed by atoms with van der Waals surface area (Å²) in [5.41, 5.74) is 6.92. The fraction of sp³-hybridized carbons (Fsp3) is 0. The average molecular weight is 735 g/mol. The minimum atomic E-state index is 1.12. The molecule has 0 unspecified atom stereocenters. The third-order valence-electron chi connectivity index (χ3n) is 12.6. The summed E-state index contributed by atoms with van der Waals surface area (Å²) in [6, 6.07) is 76.6. The maximum Gasteiger partial charge on any atom is 0.0562 e. The fourth-order valence-corrected chi connectivity index (χ4v) is 10.3. The summed E-state index contributed by atoms with van der Waals surface area (Å²) in [5.74, 6) is 0. The van der Waals surface area contributed by atoms with Gasteiger partial charge in [-0.15, -0.1) is 0 Å². The van der Waals surface area contributed by atoms with Crippen LogP contribution in [0.25, 0.3) is 103 Å². The van der Waals surface area contributed by atoms with Crippen molar-refractivity contribution in [3.63, 3.8) is 0 Å². The van der Waals surface area contributed by atoms with Crippen molar-refractivity contribution in [3.8, 4) is 5.69 Å². The summed E-state index contributed by atoms with van der Waals surface area (Å²) in [5, 5.41) is 20.2. The van der Waals surface area contributed by atoms with Crippen molar-refractivity contribution in [2.24, 2.45) is 0 Å². The first-order valence-corrected chi connectivity index (χ1v) is 20.1. The van der Waals surface area contributed by atoms with E-state index in [0.717, 1.165) is 22.7 Å². The smallest absolute Gasteiger partial charge is 0.0562 e. The van der Waals surface area contributed by atoms with Crippen LogP contribution in [0, 0.1) is 0 Å². The van der Waals surface area contributed by atoms with Crippen LogP contribution in [-0.2, 0) is 0 Å². The highest BCUT2D eigenvalue weighted by atomic mass is 15.1. The van der Waals surface area contributed by atoms with Crippen LogP contribution in [0.5, 0.6) is 0 Å². The molecule has 13 rings (SSSR count). The van der Waals surface area contributed by atoms with Crippen LogP contribution in [-0.4, -0.2) is 4.57 Å². The topological polar surface area (TPSA) is 8.17 Å². The van der Waals surface area contributed by atoms with Gasteiger partial charge in [0.15, 0.2) is 0 Å². The van der Waals surface area contributed by atoms with Gasteiger partial charge in [0.05, 0.1) is 22.4 Å². The van der Waals surface area contributed by atoms with E-state index in [9.17, 15) is 0 Å². The molecule has 0 spiro atoms. The number of fused-ring (bicyclic) bond motifs is 6. The summed E-state index contributed by atoms with van der Waals surface area (Å²) >= 11 is 0. The lowest BCUT2D eigenvalue weighted by Gasteiger charge is -2.29. The van der Waals surface area contributed by atoms with Crippen LogP contribution < -0.4 is 4.90 Å². The Morgan fingerprint density at radius 2 is 0.759 bits per heavy atom. The molecule has 0 aliphatic carbocycles. The molecule has 0 saturated heterocycles. The number of para-hydroxylation sites is 2. The number of benzene rings is 11. The van der Waals surface area contributed by atoms with Crippen LogP contribution in [0.3, 0.4) is 0 Å². The zero-order chi connectivity index (χ0) is 37.9. The largest absolute Gasteiger partial charge is 0.309 e. The highest BCUT2D eigenvalue weighted by Crippen LogP contribution is 2.49. The van der Waals surface area contributed by atoms with E-state index >= 15 is 0 Å². The molecule has 268 valence electrons. The fourth-order valence-electron chi connectivity index (χ4n) is 10.3. The predicted molar refractivity (Wildman–Crippen MR) is 249 cm³/mol. The second kappa shape index (κ2) is 11.9. The van der Waals surface area contributed by atoms with Gasteiger partial charge in [0.1, 0.15) is 0 Å². The number of aromatic nitrogens is 1. The molecule has 0 atom stereocenters. The van der Waals surface area contributed by atoms with E-state index in [1.54, 1.807) is 0 Å². The molecule has 0 amide bonds. The van der Waals surface area contributed by atoms with Gasteiger partial charge in [0, 0.05) is 27.5 Å². The van der Waals surface area contributed by atoms with E-state index in [2.05, 4.69) is 216 Å². The summed E-state index contributed by atoms with van der Waals surface area (Å²) in [6.07, 6.45) is 0. The molecule has 0 radical (unpaired) electrons. The molecule has 0 N–H and O–H groups in total. The monoisotopic (exact) mass is 734 g/mol. The molecule has 2 nitrogen and oxygen atoms in total. The quantitative estimate of drug-likeness (QED) is 0.163. The van der Waals surface area contributed by atoms with Gasteiger partial charge < -0.3 is 9.47 Å². The molecule has 12 aromatic carbocycles. The average Bonchev–Trinajstić information content (AvgIpc) is 3.63. The Morgan fingerprint density at radius 1 is 0.276 bits per heavy atom. The van der Waals surface area contributed by atoms with E-state index in [-0.39, 0.29) is 0 Å². The molecule has 0 aliphatic rings. The molecule has 0 saturated carbocycles. The summed E-state index contributed by atoms with van der Waals surface area (Å²) in [4.78, 5) is 2.53. The first kappa shape index (κ1) is 31.5. The van der Waals surface area contributed by atoms with E-state index in [1.165, 1.54) is 97.2 Å². The van der Waals surface area contributed by atoms with Gasteiger partial charge >= 0.3 is 0 Å². The lowest BCUT2D eigenvalue weighted by molar-refractivity contribution is 1.18. The van der Waals surface area contributed by atoms with Crippen LogP contribution in [0.4, 0.5) is 17.1 Å². The second-order valence-corrected chi connectivity index (χ2v) is 15.6. The van der Waals surface area contributed by atoms with Crippen LogP contribution in [0.15, 0.2) is 206 Å². The van der Waals surface area contributed by atoms with E-state index < -0.39 is 0 Å². The third-order valence-corrected chi connectivity index (χ3v) is 12.6. The zero-order valence-corrected chi connectivity index (χ0v) is 31.5. The molecule has 0 fully saturated rings. The Labute approximate surface area is 334 Å². The number of hydrogen-bond donors (Lipinski definition) is 0. The lowest BCUT2D eigenvalue weighted by atomic mass is 9.87. The third kappa shape index (κ3) is 4.32. The summed E-state index contributed by atoms with van der Waals surface area (Å²) < 4.78 is 2.42. The molecular formula is C56H34N2. The Hall–Kier alpha value is -7.68. The zero-order valence-electron chi connectivity index (χ0n) is 31.5. The number of rotatable bonds is 4. The van der Waals surface area contributed by atoms with E-state index in [1.807, 2.05) is 0 Å². The van der Waals surface area contributed by atoms with E-state index in [0.29, 0.717) is 0 Å². The maximum atomic E-state index is 2.53. The number of hydrogen-bond acceptors (Lipinski definition) is 1. The standard InChI is InChI=1S/C56H34N2/c1-2-18-40(19-3-1)57-49-25-7-6-21-46(49)56-50(57)27-12-28-51(56)58(48-26-11-14-35-13-4-5-20-42(35)48)41-33-39-32-31-38-16-9-23-44-43-22-8-15-36-29-30-37-17-10-24-45(54(37)52(36)43)47(34-41)55(39)53(38)44/h1-34H. The van der Waals surface area contributed by atoms with Gasteiger partial charge in [0.2, 0.25) is 0 Å². The van der Waals surface area contributed by atoms with Crippen LogP contribution in [0.1, 0.15) is 0 Å². The first-order chi connectivity index (χ1) is 28.8. The van der Waals surface area contributed by atoms with Crippen molar-refractivity contribution in [2.75, 3.05) is 4.90 Å². The minimum Gasteiger partial charge on any atom is -0.309 e. The van der Waals surface area contributed by atoms with Crippen molar-refractivity contribution in [1.29, 1.82) is 0 Å². The first-order valence-electron chi connectivity index (χ1n) is 20.1. The second-order valence-electron chi connectivity index (χ2n) is 15.6. The van der Waals surface area contributed by atoms with Gasteiger partial charge in [-0.05, 0) is 119 Å². The van der Waals surface area contributed by atoms with Crippen molar-refractivity contribution in [2.45, 2.75) is 0 Å². The molecule has 0 aliphatic heterocycles. The van der Waals surface area contributed by atoms with Crippen molar-refractivity contribution in [1.82, 2.24) is 4.57 Å². The number of nitrogens with zero attached hydrogens (tertiary/aromatic N) is 2. The van der Waals surface area contributed by atoms with E-state index in [4.69, 9.17) is 0 Å². The molecule has 0 bridgehead atoms. The molecule has 1 heterocycles. The summed E-state index contributed by atoms with van der Waals surface area (Å²) in [7, 11) is 0.